The van der Waals surface area contributed by atoms with Gasteiger partial charge in [-0.2, -0.15) is 0 Å². The van der Waals surface area contributed by atoms with Crippen LogP contribution in [0.4, 0.5) is 17.1 Å². The van der Waals surface area contributed by atoms with Crippen LogP contribution in [0.25, 0.3) is 11.1 Å². The maximum atomic E-state index is 12.8. The van der Waals surface area contributed by atoms with Crippen LogP contribution in [0, 0.1) is 30.3 Å². The van der Waals surface area contributed by atoms with E-state index in [2.05, 4.69) is 0 Å². The first-order valence-corrected chi connectivity index (χ1v) is 10.3. The summed E-state index contributed by atoms with van der Waals surface area (Å²) in [7, 11) is 1.55. The number of esters is 1. The summed E-state index contributed by atoms with van der Waals surface area (Å²) < 4.78 is 20.5. The summed E-state index contributed by atoms with van der Waals surface area (Å²) in [6.07, 6.45) is -0.0542. The summed E-state index contributed by atoms with van der Waals surface area (Å²) in [4.78, 5) is 44.9. The molecule has 186 valence electrons. The quantitative estimate of drug-likeness (QED) is 0.148. The first-order chi connectivity index (χ1) is 16.7. The Morgan fingerprint density at radius 2 is 1.31 bits per heavy atom. The Bertz CT molecular complexity index is 1170. The van der Waals surface area contributed by atoms with Crippen LogP contribution in [0.2, 0.25) is 0 Å². The monoisotopic (exact) mass is 491 g/mol. The van der Waals surface area contributed by atoms with Gasteiger partial charge >= 0.3 is 5.97 Å². The van der Waals surface area contributed by atoms with Crippen LogP contribution in [0.15, 0.2) is 24.3 Å². The van der Waals surface area contributed by atoms with Crippen molar-refractivity contribution in [2.24, 2.45) is 0 Å². The van der Waals surface area contributed by atoms with Crippen molar-refractivity contribution < 1.29 is 38.5 Å². The fraction of sp³-hybridized carbons (Fsp3) is 0.381. The van der Waals surface area contributed by atoms with Gasteiger partial charge in [0.2, 0.25) is 0 Å². The largest absolute Gasteiger partial charge is 0.460 e. The molecule has 0 atom stereocenters. The van der Waals surface area contributed by atoms with Crippen LogP contribution in [0.1, 0.15) is 21.5 Å². The van der Waals surface area contributed by atoms with Gasteiger partial charge in [-0.25, -0.2) is 4.79 Å². The Kier molecular flexibility index (Phi) is 8.35. The number of nitro groups is 3. The van der Waals surface area contributed by atoms with E-state index in [4.69, 9.17) is 18.9 Å². The Labute approximate surface area is 197 Å². The number of carbonyl (C=O) groups is 1. The molecule has 3 rings (SSSR count). The first-order valence-electron chi connectivity index (χ1n) is 10.3. The van der Waals surface area contributed by atoms with Crippen LogP contribution in [0.3, 0.4) is 0 Å². The standard InChI is InChI=1S/C21H21N3O11/c1-32-2-3-33-4-5-34-6-7-35-21(25)17-11-15(22(26)27)9-13-8-14-10-16(23(28)29)12-18(24(30)31)20(14)19(13)17/h9-12H,2-8H2,1H3. The lowest BCUT2D eigenvalue weighted by Gasteiger charge is -2.11. The minimum atomic E-state index is -0.939. The van der Waals surface area contributed by atoms with E-state index in [1.807, 2.05) is 0 Å². The van der Waals surface area contributed by atoms with Gasteiger partial charge in [0.25, 0.3) is 17.1 Å². The minimum absolute atomic E-state index is 0.00176. The molecule has 2 aromatic carbocycles. The van der Waals surface area contributed by atoms with E-state index in [0.29, 0.717) is 19.8 Å². The maximum Gasteiger partial charge on any atom is 0.339 e. The summed E-state index contributed by atoms with van der Waals surface area (Å²) >= 11 is 0. The normalized spacial score (nSPS) is 11.6. The molecule has 35 heavy (non-hydrogen) atoms. The number of benzene rings is 2. The van der Waals surface area contributed by atoms with E-state index in [1.165, 1.54) is 6.07 Å². The molecule has 1 aliphatic rings. The van der Waals surface area contributed by atoms with Gasteiger partial charge in [0.15, 0.2) is 0 Å². The van der Waals surface area contributed by atoms with E-state index >= 15 is 0 Å². The van der Waals surface area contributed by atoms with Crippen LogP contribution < -0.4 is 0 Å². The van der Waals surface area contributed by atoms with Crippen molar-refractivity contribution in [3.8, 4) is 11.1 Å². The summed E-state index contributed by atoms with van der Waals surface area (Å²) in [5, 5.41) is 34.3. The number of hydrogen-bond acceptors (Lipinski definition) is 11. The predicted octanol–water partition coefficient (Wildman–Crippen LogP) is 2.82. The first kappa shape index (κ1) is 25.6. The topological polar surface area (TPSA) is 183 Å². The number of hydrogen-bond donors (Lipinski definition) is 0. The van der Waals surface area contributed by atoms with E-state index < -0.39 is 37.8 Å². The van der Waals surface area contributed by atoms with Crippen LogP contribution in [-0.4, -0.2) is 67.5 Å². The number of ether oxygens (including phenoxy) is 4. The third kappa shape index (κ3) is 5.92. The molecule has 2 aromatic rings. The maximum absolute atomic E-state index is 12.8. The van der Waals surface area contributed by atoms with Gasteiger partial charge in [-0.1, -0.05) is 0 Å². The molecule has 14 nitrogen and oxygen atoms in total. The second-order valence-electron chi connectivity index (χ2n) is 7.33. The smallest absolute Gasteiger partial charge is 0.339 e. The van der Waals surface area contributed by atoms with Gasteiger partial charge in [-0.15, -0.1) is 0 Å². The van der Waals surface area contributed by atoms with Crippen LogP contribution in [-0.2, 0) is 25.4 Å². The highest BCUT2D eigenvalue weighted by atomic mass is 16.6. The molecule has 0 heterocycles. The molecule has 0 N–H and O–H groups in total. The lowest BCUT2D eigenvalue weighted by molar-refractivity contribution is -0.393. The predicted molar refractivity (Wildman–Crippen MR) is 118 cm³/mol. The van der Waals surface area contributed by atoms with Gasteiger partial charge < -0.3 is 18.9 Å². The number of rotatable bonds is 13. The fourth-order valence-electron chi connectivity index (χ4n) is 3.67. The number of non-ortho nitro benzene ring substituents is 2. The Hall–Kier alpha value is -4.01. The van der Waals surface area contributed by atoms with E-state index in [-0.39, 0.29) is 54.1 Å². The average Bonchev–Trinajstić information content (AvgIpc) is 3.19. The Morgan fingerprint density at radius 1 is 0.771 bits per heavy atom. The zero-order valence-electron chi connectivity index (χ0n) is 18.6. The number of methoxy groups -OCH3 is 1. The molecule has 0 bridgehead atoms. The van der Waals surface area contributed by atoms with Gasteiger partial charge in [0.05, 0.1) is 65.0 Å². The van der Waals surface area contributed by atoms with Crippen molar-refractivity contribution >= 4 is 23.0 Å². The highest BCUT2D eigenvalue weighted by Gasteiger charge is 2.36. The lowest BCUT2D eigenvalue weighted by Crippen LogP contribution is -2.15. The molecule has 0 radical (unpaired) electrons. The zero-order valence-corrected chi connectivity index (χ0v) is 18.6. The van der Waals surface area contributed by atoms with Crippen molar-refractivity contribution in [2.75, 3.05) is 46.8 Å². The molecule has 0 fully saturated rings. The molecule has 0 amide bonds. The second-order valence-corrected chi connectivity index (χ2v) is 7.33. The number of carbonyl (C=O) groups excluding carboxylic acids is 1. The summed E-state index contributed by atoms with van der Waals surface area (Å²) in [6, 6.07) is 4.12. The third-order valence-corrected chi connectivity index (χ3v) is 5.12. The molecule has 0 spiro atoms. The second kappa shape index (κ2) is 11.4. The molecule has 14 heteroatoms. The summed E-state index contributed by atoms with van der Waals surface area (Å²) in [5.74, 6) is -0.939. The number of nitrogens with zero attached hydrogens (tertiary/aromatic N) is 3. The lowest BCUT2D eigenvalue weighted by atomic mass is 9.97. The molecular formula is C21H21N3O11. The Balaban J connectivity index is 1.83. The molecule has 1 aliphatic carbocycles. The van der Waals surface area contributed by atoms with Crippen molar-refractivity contribution in [1.82, 2.24) is 0 Å². The van der Waals surface area contributed by atoms with E-state index in [1.54, 1.807) is 7.11 Å². The van der Waals surface area contributed by atoms with Crippen molar-refractivity contribution in [3.63, 3.8) is 0 Å². The van der Waals surface area contributed by atoms with Crippen molar-refractivity contribution in [2.45, 2.75) is 6.42 Å². The molecule has 0 saturated heterocycles. The highest BCUT2D eigenvalue weighted by molar-refractivity contribution is 6.03. The molecule has 0 aromatic heterocycles. The molecule has 0 aliphatic heterocycles. The summed E-state index contributed by atoms with van der Waals surface area (Å²) in [5.41, 5.74) is -1.16. The van der Waals surface area contributed by atoms with E-state index in [9.17, 15) is 35.1 Å². The molecular weight excluding hydrogens is 470 g/mol. The van der Waals surface area contributed by atoms with Crippen LogP contribution in [0.5, 0.6) is 0 Å². The van der Waals surface area contributed by atoms with Gasteiger partial charge in [0, 0.05) is 30.9 Å². The van der Waals surface area contributed by atoms with Gasteiger partial charge in [0.1, 0.15) is 6.61 Å². The summed E-state index contributed by atoms with van der Waals surface area (Å²) in [6.45, 7) is 1.25. The van der Waals surface area contributed by atoms with Gasteiger partial charge in [-0.3, -0.25) is 30.3 Å². The third-order valence-electron chi connectivity index (χ3n) is 5.12. The number of nitro benzene ring substituents is 3. The van der Waals surface area contributed by atoms with E-state index in [0.717, 1.165) is 18.2 Å². The SMILES string of the molecule is COCCOCCOCCOC(=O)c1cc([N+](=O)[O-])cc2c1-c1c(cc([N+](=O)[O-])cc1[N+](=O)[O-])C2. The number of fused-ring (bicyclic) bond motifs is 3. The average molecular weight is 491 g/mol. The Morgan fingerprint density at radius 3 is 1.89 bits per heavy atom. The van der Waals surface area contributed by atoms with Gasteiger partial charge in [-0.05, 0) is 17.5 Å². The fourth-order valence-corrected chi connectivity index (χ4v) is 3.67. The molecule has 0 unspecified atom stereocenters. The minimum Gasteiger partial charge on any atom is -0.460 e. The zero-order chi connectivity index (χ0) is 25.5. The van der Waals surface area contributed by atoms with Crippen molar-refractivity contribution in [3.05, 3.63) is 71.3 Å². The molecule has 0 saturated carbocycles. The van der Waals surface area contributed by atoms with Crippen molar-refractivity contribution in [1.29, 1.82) is 0 Å². The highest BCUT2D eigenvalue weighted by Crippen LogP contribution is 2.47. The van der Waals surface area contributed by atoms with Crippen LogP contribution >= 0.6 is 0 Å².